The lowest BCUT2D eigenvalue weighted by Crippen LogP contribution is -2.27. The van der Waals surface area contributed by atoms with Crippen LogP contribution in [0.1, 0.15) is 47.6 Å². The number of aliphatic hydroxyl groups is 1. The molecule has 3 aromatic rings. The molecule has 152 valence electrons. The summed E-state index contributed by atoms with van der Waals surface area (Å²) >= 11 is 0. The average Bonchev–Trinajstić information content (AvgIpc) is 3.03. The van der Waals surface area contributed by atoms with Crippen molar-refractivity contribution in [3.05, 3.63) is 69.9 Å². The van der Waals surface area contributed by atoms with Gasteiger partial charge < -0.3 is 15.4 Å². The average molecular weight is 397 g/mol. The summed E-state index contributed by atoms with van der Waals surface area (Å²) in [6.45, 7) is 0.391. The number of nitrogens with one attached hydrogen (secondary N) is 2. The molecule has 0 radical (unpaired) electrons. The van der Waals surface area contributed by atoms with Crippen molar-refractivity contribution in [2.45, 2.75) is 44.2 Å². The highest BCUT2D eigenvalue weighted by Crippen LogP contribution is 2.29. The first-order valence-electron chi connectivity index (χ1n) is 9.96. The number of imidazole rings is 1. The zero-order valence-electron chi connectivity index (χ0n) is 16.0. The van der Waals surface area contributed by atoms with Crippen molar-refractivity contribution in [2.75, 3.05) is 6.54 Å². The highest BCUT2D eigenvalue weighted by molar-refractivity contribution is 5.97. The molecule has 1 aliphatic rings. The fraction of sp³-hybridized carbons (Fsp3) is 0.364. The Labute approximate surface area is 167 Å². The number of carbonyl (C=O) groups excluding carboxylic acids is 1. The third kappa shape index (κ3) is 4.24. The first kappa shape index (κ1) is 19.4. The molecule has 1 saturated carbocycles. The van der Waals surface area contributed by atoms with Gasteiger partial charge in [0, 0.05) is 18.2 Å². The van der Waals surface area contributed by atoms with Gasteiger partial charge in [-0.1, -0.05) is 12.1 Å². The number of hydrogen-bond donors (Lipinski definition) is 3. The van der Waals surface area contributed by atoms with E-state index in [1.54, 1.807) is 28.8 Å². The maximum absolute atomic E-state index is 13.2. The number of aliphatic hydroxyl groups excluding tert-OH is 1. The molecule has 0 bridgehead atoms. The maximum atomic E-state index is 13.2. The van der Waals surface area contributed by atoms with E-state index in [-0.39, 0.29) is 29.6 Å². The Morgan fingerprint density at radius 2 is 1.97 bits per heavy atom. The molecular weight excluding hydrogens is 373 g/mol. The van der Waals surface area contributed by atoms with Crippen LogP contribution in [-0.2, 0) is 6.42 Å². The van der Waals surface area contributed by atoms with E-state index in [4.69, 9.17) is 0 Å². The number of hydrogen-bond acceptors (Lipinski definition) is 3. The molecule has 29 heavy (non-hydrogen) atoms. The molecule has 1 aliphatic carbocycles. The van der Waals surface area contributed by atoms with E-state index in [0.29, 0.717) is 36.9 Å². The molecule has 1 heterocycles. The van der Waals surface area contributed by atoms with Crippen molar-refractivity contribution >= 4 is 16.9 Å². The van der Waals surface area contributed by atoms with Gasteiger partial charge >= 0.3 is 5.69 Å². The molecule has 6 nitrogen and oxygen atoms in total. The lowest BCUT2D eigenvalue weighted by molar-refractivity contribution is 0.0954. The Morgan fingerprint density at radius 1 is 1.17 bits per heavy atom. The van der Waals surface area contributed by atoms with Crippen LogP contribution in [0.4, 0.5) is 4.39 Å². The van der Waals surface area contributed by atoms with Gasteiger partial charge in [-0.05, 0) is 68.0 Å². The molecule has 0 atom stereocenters. The quantitative estimate of drug-likeness (QED) is 0.619. The second kappa shape index (κ2) is 8.21. The van der Waals surface area contributed by atoms with Gasteiger partial charge in [-0.2, -0.15) is 0 Å². The topological polar surface area (TPSA) is 87.1 Å². The lowest BCUT2D eigenvalue weighted by Gasteiger charge is -2.26. The van der Waals surface area contributed by atoms with E-state index in [9.17, 15) is 19.1 Å². The van der Waals surface area contributed by atoms with Crippen LogP contribution in [0.3, 0.4) is 0 Å². The molecule has 0 unspecified atom stereocenters. The van der Waals surface area contributed by atoms with Crippen LogP contribution in [0.15, 0.2) is 47.3 Å². The van der Waals surface area contributed by atoms with Crippen molar-refractivity contribution in [1.29, 1.82) is 0 Å². The van der Waals surface area contributed by atoms with Gasteiger partial charge in [0.2, 0.25) is 0 Å². The summed E-state index contributed by atoms with van der Waals surface area (Å²) in [6, 6.07) is 11.6. The van der Waals surface area contributed by atoms with E-state index < -0.39 is 0 Å². The normalized spacial score (nSPS) is 19.4. The second-order valence-corrected chi connectivity index (χ2v) is 7.63. The number of halogens is 1. The van der Waals surface area contributed by atoms with Gasteiger partial charge in [0.05, 0.1) is 17.1 Å². The predicted molar refractivity (Wildman–Crippen MR) is 109 cm³/mol. The molecule has 3 N–H and O–H groups in total. The standard InChI is InChI=1S/C22H24FN3O3/c23-16-3-1-2-14(12-16)10-11-24-21(28)15-4-9-20-19(13-15)25-22(29)26(20)17-5-7-18(27)8-6-17/h1-4,9,12-13,17-18,27H,5-8,10-11H2,(H,24,28)(H,25,29). The predicted octanol–water partition coefficient (Wildman–Crippen LogP) is 2.92. The summed E-state index contributed by atoms with van der Waals surface area (Å²) in [4.78, 5) is 27.8. The molecule has 1 amide bonds. The largest absolute Gasteiger partial charge is 0.393 e. The van der Waals surface area contributed by atoms with Gasteiger partial charge in [0.1, 0.15) is 5.82 Å². The van der Waals surface area contributed by atoms with Crippen molar-refractivity contribution in [3.63, 3.8) is 0 Å². The number of nitrogens with zero attached hydrogens (tertiary/aromatic N) is 1. The molecular formula is C22H24FN3O3. The number of fused-ring (bicyclic) bond motifs is 1. The van der Waals surface area contributed by atoms with E-state index in [1.165, 1.54) is 12.1 Å². The van der Waals surface area contributed by atoms with Crippen molar-refractivity contribution < 1.29 is 14.3 Å². The number of benzene rings is 2. The van der Waals surface area contributed by atoms with Crippen molar-refractivity contribution in [3.8, 4) is 0 Å². The molecule has 0 spiro atoms. The van der Waals surface area contributed by atoms with Crippen LogP contribution < -0.4 is 11.0 Å². The molecule has 7 heteroatoms. The Hall–Kier alpha value is -2.93. The van der Waals surface area contributed by atoms with Gasteiger partial charge in [-0.15, -0.1) is 0 Å². The van der Waals surface area contributed by atoms with Gasteiger partial charge in [0.15, 0.2) is 0 Å². The van der Waals surface area contributed by atoms with Crippen LogP contribution >= 0.6 is 0 Å². The minimum absolute atomic E-state index is 0.0607. The first-order chi connectivity index (χ1) is 14.0. The number of aromatic amines is 1. The van der Waals surface area contributed by atoms with E-state index in [0.717, 1.165) is 23.9 Å². The van der Waals surface area contributed by atoms with Crippen molar-refractivity contribution in [1.82, 2.24) is 14.9 Å². The fourth-order valence-corrected chi connectivity index (χ4v) is 4.07. The number of rotatable bonds is 5. The number of aromatic nitrogens is 2. The molecule has 0 aliphatic heterocycles. The summed E-state index contributed by atoms with van der Waals surface area (Å²) in [5.41, 5.74) is 2.49. The van der Waals surface area contributed by atoms with E-state index in [2.05, 4.69) is 10.3 Å². The Bertz CT molecular complexity index is 1080. The van der Waals surface area contributed by atoms with E-state index >= 15 is 0 Å². The van der Waals surface area contributed by atoms with Crippen LogP contribution in [-0.4, -0.2) is 33.2 Å². The van der Waals surface area contributed by atoms with Crippen LogP contribution in [0.25, 0.3) is 11.0 Å². The number of amides is 1. The monoisotopic (exact) mass is 397 g/mol. The third-order valence-electron chi connectivity index (χ3n) is 5.60. The molecule has 1 aromatic heterocycles. The first-order valence-corrected chi connectivity index (χ1v) is 9.96. The Kier molecular flexibility index (Phi) is 5.49. The second-order valence-electron chi connectivity index (χ2n) is 7.63. The fourth-order valence-electron chi connectivity index (χ4n) is 4.07. The van der Waals surface area contributed by atoms with Crippen LogP contribution in [0, 0.1) is 5.82 Å². The summed E-state index contributed by atoms with van der Waals surface area (Å²) in [6.07, 6.45) is 3.15. The van der Waals surface area contributed by atoms with Crippen LogP contribution in [0.2, 0.25) is 0 Å². The number of H-pyrrole nitrogens is 1. The molecule has 2 aromatic carbocycles. The summed E-state index contributed by atoms with van der Waals surface area (Å²) < 4.78 is 15.0. The zero-order valence-corrected chi connectivity index (χ0v) is 16.0. The lowest BCUT2D eigenvalue weighted by atomic mass is 9.93. The number of carbonyl (C=O) groups is 1. The highest BCUT2D eigenvalue weighted by atomic mass is 19.1. The van der Waals surface area contributed by atoms with Gasteiger partial charge in [0.25, 0.3) is 5.91 Å². The minimum Gasteiger partial charge on any atom is -0.393 e. The summed E-state index contributed by atoms with van der Waals surface area (Å²) in [5.74, 6) is -0.530. The van der Waals surface area contributed by atoms with E-state index in [1.807, 2.05) is 6.07 Å². The third-order valence-corrected chi connectivity index (χ3v) is 5.60. The highest BCUT2D eigenvalue weighted by Gasteiger charge is 2.24. The van der Waals surface area contributed by atoms with Gasteiger partial charge in [-0.3, -0.25) is 9.36 Å². The van der Waals surface area contributed by atoms with Crippen molar-refractivity contribution in [2.24, 2.45) is 0 Å². The zero-order chi connectivity index (χ0) is 20.4. The molecule has 1 fully saturated rings. The Morgan fingerprint density at radius 3 is 2.72 bits per heavy atom. The van der Waals surface area contributed by atoms with Gasteiger partial charge in [-0.25, -0.2) is 9.18 Å². The summed E-state index contributed by atoms with van der Waals surface area (Å²) in [5, 5.41) is 12.5. The molecule has 0 saturated heterocycles. The summed E-state index contributed by atoms with van der Waals surface area (Å²) in [7, 11) is 0. The smallest absolute Gasteiger partial charge is 0.326 e. The van der Waals surface area contributed by atoms with Crippen LogP contribution in [0.5, 0.6) is 0 Å². The Balaban J connectivity index is 1.46. The molecule has 4 rings (SSSR count). The SMILES string of the molecule is O=C(NCCc1cccc(F)c1)c1ccc2c(c1)[nH]c(=O)n2C1CCC(O)CC1. The maximum Gasteiger partial charge on any atom is 0.326 e. The minimum atomic E-state index is -0.291.